The van der Waals surface area contributed by atoms with Crippen LogP contribution in [-0.4, -0.2) is 26.2 Å². The summed E-state index contributed by atoms with van der Waals surface area (Å²) in [6, 6.07) is 5.52. The molecule has 8 heteroatoms. The SMILES string of the molecule is CCn1c(SCC(=O)NCc2ccc(C)o2)nc2cc(C)[nH]c2c1=O. The molecule has 132 valence electrons. The summed E-state index contributed by atoms with van der Waals surface area (Å²) in [5.74, 6) is 1.57. The van der Waals surface area contributed by atoms with Crippen LogP contribution in [0.5, 0.6) is 0 Å². The van der Waals surface area contributed by atoms with Crippen molar-refractivity contribution in [2.45, 2.75) is 39.0 Å². The maximum atomic E-state index is 12.5. The summed E-state index contributed by atoms with van der Waals surface area (Å²) < 4.78 is 6.99. The van der Waals surface area contributed by atoms with Gasteiger partial charge in [0.15, 0.2) is 5.16 Å². The van der Waals surface area contributed by atoms with Crippen LogP contribution in [0, 0.1) is 13.8 Å². The first-order valence-electron chi connectivity index (χ1n) is 8.03. The maximum absolute atomic E-state index is 12.5. The van der Waals surface area contributed by atoms with Crippen LogP contribution in [-0.2, 0) is 17.9 Å². The van der Waals surface area contributed by atoms with Gasteiger partial charge in [0.1, 0.15) is 17.0 Å². The van der Waals surface area contributed by atoms with Crippen LogP contribution in [0.25, 0.3) is 11.0 Å². The number of furan rings is 1. The van der Waals surface area contributed by atoms with Crippen molar-refractivity contribution in [1.29, 1.82) is 0 Å². The third-order valence-corrected chi connectivity index (χ3v) is 4.72. The minimum absolute atomic E-state index is 0.116. The lowest BCUT2D eigenvalue weighted by atomic mass is 10.4. The molecule has 0 fully saturated rings. The van der Waals surface area contributed by atoms with Gasteiger partial charge in [0.2, 0.25) is 5.91 Å². The first kappa shape index (κ1) is 17.3. The minimum Gasteiger partial charge on any atom is -0.465 e. The molecular formula is C17H20N4O3S. The third kappa shape index (κ3) is 3.79. The fourth-order valence-corrected chi connectivity index (χ4v) is 3.44. The van der Waals surface area contributed by atoms with Crippen LogP contribution in [0.1, 0.15) is 24.1 Å². The van der Waals surface area contributed by atoms with Gasteiger partial charge in [0, 0.05) is 12.2 Å². The molecule has 3 heterocycles. The molecule has 3 aromatic heterocycles. The smallest absolute Gasteiger partial charge is 0.278 e. The number of aromatic amines is 1. The van der Waals surface area contributed by atoms with Crippen LogP contribution in [0.3, 0.4) is 0 Å². The maximum Gasteiger partial charge on any atom is 0.278 e. The van der Waals surface area contributed by atoms with Crippen molar-refractivity contribution in [2.24, 2.45) is 0 Å². The Morgan fingerprint density at radius 2 is 2.20 bits per heavy atom. The largest absolute Gasteiger partial charge is 0.465 e. The number of rotatable bonds is 6. The molecular weight excluding hydrogens is 340 g/mol. The quantitative estimate of drug-likeness (QED) is 0.520. The highest BCUT2D eigenvalue weighted by atomic mass is 32.2. The summed E-state index contributed by atoms with van der Waals surface area (Å²) in [4.78, 5) is 32.1. The van der Waals surface area contributed by atoms with Gasteiger partial charge in [-0.1, -0.05) is 11.8 Å². The van der Waals surface area contributed by atoms with E-state index in [0.29, 0.717) is 35.0 Å². The average molecular weight is 360 g/mol. The molecule has 0 saturated heterocycles. The van der Waals surface area contributed by atoms with E-state index < -0.39 is 0 Å². The summed E-state index contributed by atoms with van der Waals surface area (Å²) in [7, 11) is 0. The normalized spacial score (nSPS) is 11.2. The fraction of sp³-hybridized carbons (Fsp3) is 0.353. The molecule has 3 rings (SSSR count). The molecule has 25 heavy (non-hydrogen) atoms. The zero-order valence-electron chi connectivity index (χ0n) is 14.4. The Kier molecular flexibility index (Phi) is 4.98. The zero-order chi connectivity index (χ0) is 18.0. The van der Waals surface area contributed by atoms with Crippen LogP contribution in [0.4, 0.5) is 0 Å². The van der Waals surface area contributed by atoms with Crippen LogP contribution in [0.15, 0.2) is 32.6 Å². The molecule has 0 radical (unpaired) electrons. The van der Waals surface area contributed by atoms with E-state index in [-0.39, 0.29) is 17.2 Å². The monoisotopic (exact) mass is 360 g/mol. The Morgan fingerprint density at radius 3 is 2.88 bits per heavy atom. The van der Waals surface area contributed by atoms with Gasteiger partial charge in [-0.2, -0.15) is 0 Å². The summed E-state index contributed by atoms with van der Waals surface area (Å²) in [6.45, 7) is 6.46. The Balaban J connectivity index is 1.69. The fourth-order valence-electron chi connectivity index (χ4n) is 2.55. The molecule has 0 atom stereocenters. The second-order valence-corrected chi connectivity index (χ2v) is 6.68. The van der Waals surface area contributed by atoms with Gasteiger partial charge in [-0.25, -0.2) is 4.98 Å². The van der Waals surface area contributed by atoms with E-state index in [1.807, 2.05) is 39.0 Å². The van der Waals surface area contributed by atoms with E-state index in [0.717, 1.165) is 11.5 Å². The van der Waals surface area contributed by atoms with Gasteiger partial charge in [-0.05, 0) is 39.0 Å². The van der Waals surface area contributed by atoms with Crippen molar-refractivity contribution in [3.05, 3.63) is 45.8 Å². The number of carbonyl (C=O) groups is 1. The highest BCUT2D eigenvalue weighted by molar-refractivity contribution is 7.99. The molecule has 0 aliphatic heterocycles. The first-order chi connectivity index (χ1) is 12.0. The van der Waals surface area contributed by atoms with Crippen molar-refractivity contribution in [1.82, 2.24) is 19.9 Å². The second-order valence-electron chi connectivity index (χ2n) is 5.73. The van der Waals surface area contributed by atoms with Gasteiger partial charge >= 0.3 is 0 Å². The number of thioether (sulfide) groups is 1. The van der Waals surface area contributed by atoms with E-state index >= 15 is 0 Å². The number of carbonyl (C=O) groups excluding carboxylic acids is 1. The van der Waals surface area contributed by atoms with Gasteiger partial charge in [-0.3, -0.25) is 14.2 Å². The second kappa shape index (κ2) is 7.18. The number of aromatic nitrogens is 3. The molecule has 0 spiro atoms. The van der Waals surface area contributed by atoms with E-state index in [9.17, 15) is 9.59 Å². The number of hydrogen-bond acceptors (Lipinski definition) is 5. The number of H-pyrrole nitrogens is 1. The number of nitrogens with zero attached hydrogens (tertiary/aromatic N) is 2. The van der Waals surface area contributed by atoms with E-state index in [2.05, 4.69) is 15.3 Å². The van der Waals surface area contributed by atoms with Gasteiger partial charge in [0.05, 0.1) is 17.8 Å². The molecule has 0 aliphatic carbocycles. The summed E-state index contributed by atoms with van der Waals surface area (Å²) >= 11 is 1.25. The van der Waals surface area contributed by atoms with Crippen molar-refractivity contribution >= 4 is 28.7 Å². The lowest BCUT2D eigenvalue weighted by Gasteiger charge is -2.09. The highest BCUT2D eigenvalue weighted by Crippen LogP contribution is 2.18. The molecule has 2 N–H and O–H groups in total. The molecule has 0 unspecified atom stereocenters. The first-order valence-corrected chi connectivity index (χ1v) is 9.01. The van der Waals surface area contributed by atoms with E-state index in [1.165, 1.54) is 11.8 Å². The lowest BCUT2D eigenvalue weighted by molar-refractivity contribution is -0.118. The predicted molar refractivity (Wildman–Crippen MR) is 96.8 cm³/mol. The molecule has 7 nitrogen and oxygen atoms in total. The number of amides is 1. The van der Waals surface area contributed by atoms with Gasteiger partial charge in [-0.15, -0.1) is 0 Å². The van der Waals surface area contributed by atoms with E-state index in [4.69, 9.17) is 4.42 Å². The Morgan fingerprint density at radius 1 is 1.40 bits per heavy atom. The molecule has 3 aromatic rings. The average Bonchev–Trinajstić information content (AvgIpc) is 3.16. The van der Waals surface area contributed by atoms with Gasteiger partial charge in [0.25, 0.3) is 5.56 Å². The Labute approximate surface area is 148 Å². The molecule has 0 saturated carbocycles. The minimum atomic E-state index is -0.138. The van der Waals surface area contributed by atoms with Gasteiger partial charge < -0.3 is 14.7 Å². The molecule has 0 aromatic carbocycles. The molecule has 1 amide bonds. The van der Waals surface area contributed by atoms with Crippen LogP contribution < -0.4 is 10.9 Å². The lowest BCUT2D eigenvalue weighted by Crippen LogP contribution is -2.26. The van der Waals surface area contributed by atoms with Crippen molar-refractivity contribution in [3.8, 4) is 0 Å². The third-order valence-electron chi connectivity index (χ3n) is 3.74. The van der Waals surface area contributed by atoms with Crippen LogP contribution in [0.2, 0.25) is 0 Å². The summed E-state index contributed by atoms with van der Waals surface area (Å²) in [6.07, 6.45) is 0. The van der Waals surface area contributed by atoms with Crippen molar-refractivity contribution in [3.63, 3.8) is 0 Å². The number of aryl methyl sites for hydroxylation is 2. The molecule has 0 aliphatic rings. The van der Waals surface area contributed by atoms with Crippen LogP contribution >= 0.6 is 11.8 Å². The number of nitrogens with one attached hydrogen (secondary N) is 2. The predicted octanol–water partition coefficient (Wildman–Crippen LogP) is 2.36. The standard InChI is InChI=1S/C17H20N4O3S/c1-4-21-16(23)15-13(7-10(2)19-15)20-17(21)25-9-14(22)18-8-12-6-5-11(3)24-12/h5-7,19H,4,8-9H2,1-3H3,(H,18,22). The van der Waals surface area contributed by atoms with Crippen molar-refractivity contribution in [2.75, 3.05) is 5.75 Å². The number of fused-ring (bicyclic) bond motifs is 1. The molecule has 0 bridgehead atoms. The number of hydrogen-bond donors (Lipinski definition) is 2. The Hall–Kier alpha value is -2.48. The zero-order valence-corrected chi connectivity index (χ0v) is 15.2. The summed E-state index contributed by atoms with van der Waals surface area (Å²) in [5.41, 5.74) is 1.90. The summed E-state index contributed by atoms with van der Waals surface area (Å²) in [5, 5.41) is 3.35. The van der Waals surface area contributed by atoms with E-state index in [1.54, 1.807) is 4.57 Å². The van der Waals surface area contributed by atoms with Crippen molar-refractivity contribution < 1.29 is 9.21 Å². The Bertz CT molecular complexity index is 970. The highest BCUT2D eigenvalue weighted by Gasteiger charge is 2.14. The topological polar surface area (TPSA) is 92.9 Å².